The van der Waals surface area contributed by atoms with E-state index in [0.717, 1.165) is 0 Å². The summed E-state index contributed by atoms with van der Waals surface area (Å²) in [7, 11) is 0. The zero-order valence-electron chi connectivity index (χ0n) is 20.4. The molecule has 1 unspecified atom stereocenters. The molecule has 25 heteroatoms. The largest absolute Gasteiger partial charge is 0.385 e. The van der Waals surface area contributed by atoms with Gasteiger partial charge in [-0.2, -0.15) is 105 Å². The van der Waals surface area contributed by atoms with Crippen LogP contribution in [0.2, 0.25) is 0 Å². The highest BCUT2D eigenvalue weighted by atomic mass is 19.4. The van der Waals surface area contributed by atoms with Crippen LogP contribution in [0.4, 0.5) is 110 Å². The quantitative estimate of drug-likeness (QED) is 0.178. The lowest BCUT2D eigenvalue weighted by Gasteiger charge is -2.46. The average molecular weight is 724 g/mol. The van der Waals surface area contributed by atoms with Crippen LogP contribution in [0.25, 0.3) is 0 Å². The Labute approximate surface area is 231 Å². The molecule has 0 saturated heterocycles. The van der Waals surface area contributed by atoms with Crippen molar-refractivity contribution in [2.75, 3.05) is 0 Å². The van der Waals surface area contributed by atoms with Gasteiger partial charge in [-0.1, -0.05) is 30.3 Å². The van der Waals surface area contributed by atoms with Crippen molar-refractivity contribution < 1.29 is 110 Å². The molecule has 1 aromatic rings. The highest BCUT2D eigenvalue weighted by Crippen LogP contribution is 2.68. The maximum Gasteiger partial charge on any atom is 0.385 e. The van der Waals surface area contributed by atoms with E-state index in [1.54, 1.807) is 0 Å². The van der Waals surface area contributed by atoms with Crippen molar-refractivity contribution in [3.63, 3.8) is 0 Å². The van der Waals surface area contributed by atoms with Gasteiger partial charge in [-0.05, 0) is 6.92 Å². The van der Waals surface area contributed by atoms with Crippen molar-refractivity contribution in [3.8, 4) is 0 Å². The Hall–Kier alpha value is -2.53. The molecule has 0 spiro atoms. The lowest BCUT2D eigenvalue weighted by atomic mass is 9.83. The summed E-state index contributed by atoms with van der Waals surface area (Å²) < 4.78 is 343. The summed E-state index contributed by atoms with van der Waals surface area (Å²) in [6.07, 6.45) is -4.81. The van der Waals surface area contributed by atoms with E-state index in [2.05, 4.69) is 0 Å². The van der Waals surface area contributed by atoms with Gasteiger partial charge < -0.3 is 0 Å². The Morgan fingerprint density at radius 1 is 0.356 bits per heavy atom. The predicted molar refractivity (Wildman–Crippen MR) is 95.3 cm³/mol. The number of rotatable bonds is 13. The Bertz CT molecular complexity index is 1190. The Morgan fingerprint density at radius 3 is 0.822 bits per heavy atom. The SMILES string of the molecule is CC(F)C(F)(F)C(F)(F)C(F)(F)C(F)(F)C(F)(F)C(F)(F)C(F)(F)C(F)(F)C(F)(F)C(F)(F)C(F)(F)C(F)(F)c1ccccc1. The standard InChI is InChI=1S/C20H9F25/c1-7(21)9(22,23)11(26,27)13(30,31)15(34,35)17(38,39)19(42,43)20(44,45)18(40,41)16(36,37)14(32,33)12(28,29)10(24,25)8-5-3-2-4-6-8/h2-7H,1H3. The fourth-order valence-corrected chi connectivity index (χ4v) is 3.06. The van der Waals surface area contributed by atoms with E-state index < -0.39 is 89.7 Å². The number of hydrogen-bond acceptors (Lipinski definition) is 0. The smallest absolute Gasteiger partial charge is 0.241 e. The molecule has 0 aromatic heterocycles. The summed E-state index contributed by atoms with van der Waals surface area (Å²) in [5.41, 5.74) is -2.51. The van der Waals surface area contributed by atoms with E-state index >= 15 is 0 Å². The highest BCUT2D eigenvalue weighted by Gasteiger charge is 2.99. The summed E-state index contributed by atoms with van der Waals surface area (Å²) in [4.78, 5) is 0. The fraction of sp³-hybridized carbons (Fsp3) is 0.700. The Kier molecular flexibility index (Phi) is 9.44. The third-order valence-corrected chi connectivity index (χ3v) is 6.00. The maximum atomic E-state index is 14.0. The normalized spacial score (nSPS) is 17.0. The average Bonchev–Trinajstić information content (AvgIpc) is 2.87. The molecule has 0 aliphatic carbocycles. The van der Waals surface area contributed by atoms with E-state index in [-0.39, 0.29) is 24.3 Å². The van der Waals surface area contributed by atoms with Crippen LogP contribution in [0, 0.1) is 0 Å². The first-order valence-corrected chi connectivity index (χ1v) is 10.5. The van der Waals surface area contributed by atoms with Crippen LogP contribution in [-0.2, 0) is 5.92 Å². The molecule has 0 aliphatic heterocycles. The molecule has 0 nitrogen and oxygen atoms in total. The van der Waals surface area contributed by atoms with E-state index in [1.165, 1.54) is 0 Å². The van der Waals surface area contributed by atoms with Gasteiger partial charge in [0.1, 0.15) is 0 Å². The lowest BCUT2D eigenvalue weighted by molar-refractivity contribution is -0.479. The minimum absolute atomic E-state index is 0.255. The topological polar surface area (TPSA) is 0 Å². The molecular weight excluding hydrogens is 715 g/mol. The van der Waals surface area contributed by atoms with Gasteiger partial charge in [0, 0.05) is 5.56 Å². The second-order valence-corrected chi connectivity index (χ2v) is 8.92. The Morgan fingerprint density at radius 2 is 0.578 bits per heavy atom. The van der Waals surface area contributed by atoms with Gasteiger partial charge in [-0.3, -0.25) is 0 Å². The fourth-order valence-electron chi connectivity index (χ4n) is 3.06. The number of alkyl halides is 25. The van der Waals surface area contributed by atoms with Crippen molar-refractivity contribution in [3.05, 3.63) is 35.9 Å². The highest BCUT2D eigenvalue weighted by molar-refractivity contribution is 5.26. The second kappa shape index (κ2) is 10.5. The van der Waals surface area contributed by atoms with Crippen LogP contribution in [0.15, 0.2) is 30.3 Å². The molecule has 0 heterocycles. The Balaban J connectivity index is 3.92. The number of halogens is 25. The first-order chi connectivity index (χ1) is 19.3. The summed E-state index contributed by atoms with van der Waals surface area (Å²) in [5.74, 6) is -105. The molecule has 0 fully saturated rings. The van der Waals surface area contributed by atoms with E-state index in [4.69, 9.17) is 0 Å². The van der Waals surface area contributed by atoms with Crippen molar-refractivity contribution in [1.29, 1.82) is 0 Å². The van der Waals surface area contributed by atoms with Crippen molar-refractivity contribution in [2.24, 2.45) is 0 Å². The molecule has 0 amide bonds. The van der Waals surface area contributed by atoms with Crippen molar-refractivity contribution in [1.82, 2.24) is 0 Å². The molecule has 1 rings (SSSR count). The van der Waals surface area contributed by atoms with Crippen molar-refractivity contribution >= 4 is 0 Å². The third-order valence-electron chi connectivity index (χ3n) is 6.00. The van der Waals surface area contributed by atoms with Gasteiger partial charge in [0.15, 0.2) is 6.17 Å². The summed E-state index contributed by atoms with van der Waals surface area (Å²) in [5, 5.41) is 0. The van der Waals surface area contributed by atoms with Gasteiger partial charge >= 0.3 is 71.1 Å². The summed E-state index contributed by atoms with van der Waals surface area (Å²) in [6, 6.07) is 0.495. The number of hydrogen-bond donors (Lipinski definition) is 0. The minimum Gasteiger partial charge on any atom is -0.241 e. The van der Waals surface area contributed by atoms with Crippen molar-refractivity contribution in [2.45, 2.75) is 84.2 Å². The van der Waals surface area contributed by atoms with Crippen LogP contribution in [-0.4, -0.2) is 71.3 Å². The van der Waals surface area contributed by atoms with Crippen LogP contribution >= 0.6 is 0 Å². The van der Waals surface area contributed by atoms with Crippen LogP contribution in [0.3, 0.4) is 0 Å². The molecular formula is C20H9F25. The maximum absolute atomic E-state index is 14.0. The number of benzene rings is 1. The van der Waals surface area contributed by atoms with Crippen LogP contribution in [0.5, 0.6) is 0 Å². The van der Waals surface area contributed by atoms with Crippen LogP contribution < -0.4 is 0 Å². The van der Waals surface area contributed by atoms with Gasteiger partial charge in [0.25, 0.3) is 0 Å². The van der Waals surface area contributed by atoms with E-state index in [0.29, 0.717) is 6.07 Å². The predicted octanol–water partition coefficient (Wildman–Crippen LogP) is 10.1. The first-order valence-electron chi connectivity index (χ1n) is 10.5. The van der Waals surface area contributed by atoms with Gasteiger partial charge in [0.05, 0.1) is 0 Å². The van der Waals surface area contributed by atoms with Gasteiger partial charge in [0.2, 0.25) is 0 Å². The lowest BCUT2D eigenvalue weighted by Crippen LogP contribution is -2.78. The molecule has 0 bridgehead atoms. The zero-order chi connectivity index (χ0) is 36.7. The molecule has 45 heavy (non-hydrogen) atoms. The van der Waals surface area contributed by atoms with Crippen LogP contribution in [0.1, 0.15) is 12.5 Å². The first kappa shape index (κ1) is 40.5. The molecule has 0 saturated carbocycles. The third kappa shape index (κ3) is 4.76. The van der Waals surface area contributed by atoms with Gasteiger partial charge in [-0.25, -0.2) is 4.39 Å². The van der Waals surface area contributed by atoms with E-state index in [9.17, 15) is 110 Å². The zero-order valence-corrected chi connectivity index (χ0v) is 20.4. The molecule has 1 aromatic carbocycles. The summed E-state index contributed by atoms with van der Waals surface area (Å²) in [6.45, 7) is -0.886. The monoisotopic (exact) mass is 724 g/mol. The summed E-state index contributed by atoms with van der Waals surface area (Å²) >= 11 is 0. The minimum atomic E-state index is -9.57. The second-order valence-electron chi connectivity index (χ2n) is 8.92. The molecule has 0 N–H and O–H groups in total. The van der Waals surface area contributed by atoms with Gasteiger partial charge in [-0.15, -0.1) is 0 Å². The molecule has 0 aliphatic rings. The molecule has 1 atom stereocenters. The molecule has 264 valence electrons. The molecule has 0 radical (unpaired) electrons. The van der Waals surface area contributed by atoms with E-state index in [1.807, 2.05) is 0 Å².